The van der Waals surface area contributed by atoms with Gasteiger partial charge in [0.25, 0.3) is 15.9 Å². The van der Waals surface area contributed by atoms with E-state index < -0.39 is 37.0 Å². The third-order valence-electron chi connectivity index (χ3n) is 14.3. The van der Waals surface area contributed by atoms with Gasteiger partial charge in [0.15, 0.2) is 0 Å². The fourth-order valence-corrected chi connectivity index (χ4v) is 11.3. The minimum absolute atomic E-state index is 0.0480. The van der Waals surface area contributed by atoms with Crippen molar-refractivity contribution in [2.75, 3.05) is 49.6 Å². The van der Waals surface area contributed by atoms with Gasteiger partial charge in [-0.1, -0.05) is 38.1 Å². The molecule has 5 heterocycles. The van der Waals surface area contributed by atoms with Crippen LogP contribution in [0.2, 0.25) is 0 Å². The first-order chi connectivity index (χ1) is 31.2. The van der Waals surface area contributed by atoms with E-state index in [-0.39, 0.29) is 34.5 Å². The Hall–Kier alpha value is -5.62. The van der Waals surface area contributed by atoms with Crippen molar-refractivity contribution in [1.82, 2.24) is 24.6 Å². The molecule has 2 aliphatic carbocycles. The normalized spacial score (nSPS) is 22.8. The molecule has 16 nitrogen and oxygen atoms in total. The van der Waals surface area contributed by atoms with Crippen LogP contribution in [0.3, 0.4) is 0 Å². The SMILES string of the molecule is CC(C)c1ccccc1[C@H]1COCCN1C1CC2(CCN(c3ccc(C(=O)NS(=O)(=O)c4cnc(NC[C@H]5CC[C@](C)(O)CC5)c([N+](=O)[O-])c4)c(Oc4cnc5[nH]ccc5c4)c3)CC2)C1. The molecule has 9 rings (SSSR count). The van der Waals surface area contributed by atoms with E-state index in [1.165, 1.54) is 17.3 Å². The summed E-state index contributed by atoms with van der Waals surface area (Å²) in [5.74, 6) is 0.0227. The molecular formula is C48H58N8O8S. The number of piperidine rings is 1. The van der Waals surface area contributed by atoms with Gasteiger partial charge in [0.1, 0.15) is 22.0 Å². The minimum Gasteiger partial charge on any atom is -0.455 e. The third kappa shape index (κ3) is 9.55. The Labute approximate surface area is 379 Å². The lowest BCUT2D eigenvalue weighted by molar-refractivity contribution is -0.384. The van der Waals surface area contributed by atoms with Gasteiger partial charge in [-0.15, -0.1) is 0 Å². The molecule has 2 aliphatic heterocycles. The van der Waals surface area contributed by atoms with Crippen LogP contribution in [0.15, 0.2) is 84.1 Å². The fraction of sp³-hybridized carbons (Fsp3) is 0.479. The zero-order valence-electron chi connectivity index (χ0n) is 37.2. The number of hydrogen-bond donors (Lipinski definition) is 4. The van der Waals surface area contributed by atoms with Crippen LogP contribution in [-0.4, -0.2) is 95.2 Å². The van der Waals surface area contributed by atoms with Crippen LogP contribution in [-0.2, 0) is 14.8 Å². The monoisotopic (exact) mass is 906 g/mol. The zero-order chi connectivity index (χ0) is 45.5. The van der Waals surface area contributed by atoms with Gasteiger partial charge in [0, 0.05) is 61.6 Å². The van der Waals surface area contributed by atoms with E-state index in [1.807, 2.05) is 6.07 Å². The van der Waals surface area contributed by atoms with Gasteiger partial charge in [-0.25, -0.2) is 23.1 Å². The molecule has 5 aromatic rings. The van der Waals surface area contributed by atoms with Crippen LogP contribution in [0.1, 0.15) is 106 Å². The van der Waals surface area contributed by atoms with Crippen LogP contribution in [0.5, 0.6) is 11.5 Å². The molecule has 1 amide bonds. The summed E-state index contributed by atoms with van der Waals surface area (Å²) >= 11 is 0. The predicted octanol–water partition coefficient (Wildman–Crippen LogP) is 8.08. The van der Waals surface area contributed by atoms with Crippen LogP contribution in [0.25, 0.3) is 11.0 Å². The Balaban J connectivity index is 0.898. The van der Waals surface area contributed by atoms with E-state index in [2.05, 4.69) is 72.9 Å². The molecule has 0 unspecified atom stereocenters. The molecule has 0 bridgehead atoms. The number of anilines is 2. The number of sulfonamides is 1. The average Bonchev–Trinajstić information content (AvgIpc) is 3.76. The Morgan fingerprint density at radius 1 is 1.03 bits per heavy atom. The second-order valence-corrected chi connectivity index (χ2v) is 20.8. The van der Waals surface area contributed by atoms with E-state index in [0.29, 0.717) is 49.3 Å². The zero-order valence-corrected chi connectivity index (χ0v) is 38.0. The molecule has 2 aromatic carbocycles. The first-order valence-corrected chi connectivity index (χ1v) is 24.2. The number of rotatable bonds is 13. The van der Waals surface area contributed by atoms with Crippen LogP contribution < -0.4 is 19.7 Å². The molecule has 4 N–H and O–H groups in total. The third-order valence-corrected chi connectivity index (χ3v) is 15.6. The summed E-state index contributed by atoms with van der Waals surface area (Å²) < 4.78 is 41.9. The summed E-state index contributed by atoms with van der Waals surface area (Å²) in [5.41, 5.74) is 3.20. The van der Waals surface area contributed by atoms with E-state index in [4.69, 9.17) is 9.47 Å². The minimum atomic E-state index is -4.63. The van der Waals surface area contributed by atoms with Crippen molar-refractivity contribution >= 4 is 44.2 Å². The summed E-state index contributed by atoms with van der Waals surface area (Å²) in [6.07, 6.45) is 11.3. The molecule has 1 atom stereocenters. The van der Waals surface area contributed by atoms with Crippen molar-refractivity contribution in [2.24, 2.45) is 11.3 Å². The average molecular weight is 907 g/mol. The summed E-state index contributed by atoms with van der Waals surface area (Å²) in [5, 5.41) is 26.2. The second-order valence-electron chi connectivity index (χ2n) is 19.1. The smallest absolute Gasteiger partial charge is 0.312 e. The first kappa shape index (κ1) is 44.6. The number of carbonyl (C=O) groups is 1. The second kappa shape index (κ2) is 18.0. The lowest BCUT2D eigenvalue weighted by atomic mass is 9.59. The van der Waals surface area contributed by atoms with Gasteiger partial charge in [-0.3, -0.25) is 19.8 Å². The van der Waals surface area contributed by atoms with Crippen molar-refractivity contribution in [1.29, 1.82) is 0 Å². The molecule has 17 heteroatoms. The Morgan fingerprint density at radius 3 is 2.55 bits per heavy atom. The summed E-state index contributed by atoms with van der Waals surface area (Å²) in [6.45, 7) is 10.7. The number of pyridine rings is 2. The van der Waals surface area contributed by atoms with Crippen molar-refractivity contribution in [3.8, 4) is 11.5 Å². The van der Waals surface area contributed by atoms with Gasteiger partial charge in [0.05, 0.1) is 47.7 Å². The van der Waals surface area contributed by atoms with Crippen LogP contribution >= 0.6 is 0 Å². The van der Waals surface area contributed by atoms with E-state index in [9.17, 15) is 28.4 Å². The lowest BCUT2D eigenvalue weighted by Crippen LogP contribution is -2.58. The molecule has 4 aliphatic rings. The van der Waals surface area contributed by atoms with Crippen LogP contribution in [0.4, 0.5) is 17.2 Å². The first-order valence-electron chi connectivity index (χ1n) is 22.8. The summed E-state index contributed by atoms with van der Waals surface area (Å²) in [7, 11) is -4.63. The molecule has 0 radical (unpaired) electrons. The quantitative estimate of drug-likeness (QED) is 0.0653. The molecule has 2 saturated carbocycles. The summed E-state index contributed by atoms with van der Waals surface area (Å²) in [6, 6.07) is 19.2. The number of carbonyl (C=O) groups excluding carboxylic acids is 1. The highest BCUT2D eigenvalue weighted by atomic mass is 32.2. The summed E-state index contributed by atoms with van der Waals surface area (Å²) in [4.78, 5) is 41.4. The number of amides is 1. The molecule has 65 heavy (non-hydrogen) atoms. The van der Waals surface area contributed by atoms with Crippen molar-refractivity contribution in [3.05, 3.63) is 106 Å². The van der Waals surface area contributed by atoms with Gasteiger partial charge in [-0.05, 0) is 111 Å². The maximum Gasteiger partial charge on any atom is 0.312 e. The molecule has 2 saturated heterocycles. The highest BCUT2D eigenvalue weighted by Gasteiger charge is 2.50. The topological polar surface area (TPSA) is 205 Å². The molecule has 344 valence electrons. The predicted molar refractivity (Wildman–Crippen MR) is 247 cm³/mol. The number of ether oxygens (including phenoxy) is 2. The number of H-pyrrole nitrogens is 1. The number of nitro groups is 1. The van der Waals surface area contributed by atoms with Gasteiger partial charge >= 0.3 is 5.69 Å². The maximum atomic E-state index is 14.0. The van der Waals surface area contributed by atoms with Crippen molar-refractivity contribution in [2.45, 2.75) is 101 Å². The number of aromatic nitrogens is 3. The maximum absolute atomic E-state index is 14.0. The van der Waals surface area contributed by atoms with Crippen molar-refractivity contribution < 1.29 is 32.7 Å². The van der Waals surface area contributed by atoms with Gasteiger partial charge in [0.2, 0.25) is 5.82 Å². The number of fused-ring (bicyclic) bond motifs is 1. The standard InChI is InChI=1S/C48H58N8O8S/c1-31(2)38-6-4-5-7-39(38)42-30-63-21-20-55(42)35-25-48(26-35)15-18-54(19-16-48)34-8-9-40(43(23-34)64-36-22-33-12-17-49-44(33)51-28-36)46(57)53-65(61,62)37-24-41(56(59)60)45(52-29-37)50-27-32-10-13-47(3,58)14-11-32/h4-9,12,17,22-24,28-29,31-32,35,42,58H,10-11,13-16,18-21,25-27,30H2,1-3H3,(H,49,51)(H,50,52)(H,53,57)/t32-,42-,47-/m1/s1. The molecule has 1 spiro atoms. The fourth-order valence-electron chi connectivity index (χ4n) is 10.4. The number of morpholine rings is 1. The Bertz CT molecular complexity index is 2660. The van der Waals surface area contributed by atoms with Gasteiger partial charge < -0.3 is 29.8 Å². The Kier molecular flexibility index (Phi) is 12.3. The largest absolute Gasteiger partial charge is 0.455 e. The molecule has 4 fully saturated rings. The van der Waals surface area contributed by atoms with E-state index in [0.717, 1.165) is 88.1 Å². The number of benzene rings is 2. The number of aromatic amines is 1. The molecular weight excluding hydrogens is 849 g/mol. The lowest BCUT2D eigenvalue weighted by Gasteiger charge is -2.57. The van der Waals surface area contributed by atoms with Gasteiger partial charge in [-0.2, -0.15) is 0 Å². The number of nitrogens with one attached hydrogen (secondary N) is 3. The number of hydrogen-bond acceptors (Lipinski definition) is 13. The highest BCUT2D eigenvalue weighted by Crippen LogP contribution is 2.53. The van der Waals surface area contributed by atoms with Crippen LogP contribution in [0, 0.1) is 21.4 Å². The highest BCUT2D eigenvalue weighted by molar-refractivity contribution is 7.90. The number of nitrogens with zero attached hydrogens (tertiary/aromatic N) is 5. The Morgan fingerprint density at radius 2 is 1.80 bits per heavy atom. The van der Waals surface area contributed by atoms with E-state index in [1.54, 1.807) is 37.4 Å². The van der Waals surface area contributed by atoms with E-state index >= 15 is 0 Å². The number of aliphatic hydroxyl groups is 1. The molecule has 3 aromatic heterocycles. The van der Waals surface area contributed by atoms with Crippen molar-refractivity contribution in [3.63, 3.8) is 0 Å².